The van der Waals surface area contributed by atoms with Crippen molar-refractivity contribution in [1.29, 1.82) is 0 Å². The molecule has 1 aromatic carbocycles. The molecular weight excluding hydrogens is 252 g/mol. The maximum Gasteiger partial charge on any atom is 0.260 e. The Morgan fingerprint density at radius 1 is 1.26 bits per heavy atom. The van der Waals surface area contributed by atoms with Gasteiger partial charge < -0.3 is 10.3 Å². The van der Waals surface area contributed by atoms with Gasteiger partial charge in [0.1, 0.15) is 11.6 Å². The molecule has 0 spiro atoms. The van der Waals surface area contributed by atoms with Gasteiger partial charge in [-0.1, -0.05) is 25.9 Å². The first-order chi connectivity index (χ1) is 8.79. The van der Waals surface area contributed by atoms with Crippen molar-refractivity contribution in [2.24, 2.45) is 11.1 Å². The van der Waals surface area contributed by atoms with Gasteiger partial charge in [-0.25, -0.2) is 8.78 Å². The van der Waals surface area contributed by atoms with Gasteiger partial charge in [-0.2, -0.15) is 4.98 Å². The van der Waals surface area contributed by atoms with Crippen molar-refractivity contribution in [3.8, 4) is 11.5 Å². The van der Waals surface area contributed by atoms with Crippen molar-refractivity contribution in [2.45, 2.75) is 26.8 Å². The molecule has 19 heavy (non-hydrogen) atoms. The number of aromatic nitrogens is 2. The summed E-state index contributed by atoms with van der Waals surface area (Å²) in [6.07, 6.45) is 0. The van der Waals surface area contributed by atoms with Crippen LogP contribution in [0, 0.1) is 17.0 Å². The number of nitrogens with two attached hydrogens (primary N) is 1. The van der Waals surface area contributed by atoms with Crippen LogP contribution in [0.1, 0.15) is 32.6 Å². The average molecular weight is 267 g/mol. The Labute approximate surface area is 109 Å². The highest BCUT2D eigenvalue weighted by Gasteiger charge is 2.27. The zero-order valence-corrected chi connectivity index (χ0v) is 10.9. The SMILES string of the molecule is CC(C)(C)C(N)c1noc(-c2ccc(F)cc2F)n1. The second-order valence-electron chi connectivity index (χ2n) is 5.43. The number of benzene rings is 1. The predicted molar refractivity (Wildman–Crippen MR) is 66.0 cm³/mol. The lowest BCUT2D eigenvalue weighted by Crippen LogP contribution is -2.27. The summed E-state index contributed by atoms with van der Waals surface area (Å²) in [6.45, 7) is 5.81. The van der Waals surface area contributed by atoms with Gasteiger partial charge in [0, 0.05) is 6.07 Å². The van der Waals surface area contributed by atoms with E-state index in [-0.39, 0.29) is 16.9 Å². The zero-order valence-electron chi connectivity index (χ0n) is 10.9. The van der Waals surface area contributed by atoms with Crippen molar-refractivity contribution in [3.63, 3.8) is 0 Å². The standard InChI is InChI=1S/C13H15F2N3O/c1-13(2,3)10(16)11-17-12(19-18-11)8-5-4-7(14)6-9(8)15/h4-6,10H,16H2,1-3H3. The maximum atomic E-state index is 13.6. The molecule has 2 rings (SSSR count). The van der Waals surface area contributed by atoms with Crippen molar-refractivity contribution in [1.82, 2.24) is 10.1 Å². The molecule has 102 valence electrons. The summed E-state index contributed by atoms with van der Waals surface area (Å²) in [5.41, 5.74) is 5.80. The minimum absolute atomic E-state index is 0.00722. The predicted octanol–water partition coefficient (Wildman–Crippen LogP) is 3.06. The van der Waals surface area contributed by atoms with Crippen molar-refractivity contribution < 1.29 is 13.3 Å². The molecule has 4 nitrogen and oxygen atoms in total. The van der Waals surface area contributed by atoms with Crippen molar-refractivity contribution in [3.05, 3.63) is 35.7 Å². The second-order valence-corrected chi connectivity index (χ2v) is 5.43. The molecule has 0 bridgehead atoms. The molecule has 0 aliphatic heterocycles. The van der Waals surface area contributed by atoms with E-state index >= 15 is 0 Å². The first kappa shape index (κ1) is 13.6. The lowest BCUT2D eigenvalue weighted by atomic mass is 9.87. The molecule has 0 radical (unpaired) electrons. The van der Waals surface area contributed by atoms with Crippen LogP contribution in [0.25, 0.3) is 11.5 Å². The fourth-order valence-corrected chi connectivity index (χ4v) is 1.52. The molecule has 1 atom stereocenters. The van der Waals surface area contributed by atoms with E-state index < -0.39 is 17.7 Å². The monoisotopic (exact) mass is 267 g/mol. The lowest BCUT2D eigenvalue weighted by Gasteiger charge is -2.23. The van der Waals surface area contributed by atoms with E-state index in [4.69, 9.17) is 10.3 Å². The lowest BCUT2D eigenvalue weighted by molar-refractivity contribution is 0.303. The van der Waals surface area contributed by atoms with Gasteiger partial charge in [-0.15, -0.1) is 0 Å². The average Bonchev–Trinajstić information content (AvgIpc) is 2.75. The molecule has 0 saturated carbocycles. The number of hydrogen-bond acceptors (Lipinski definition) is 4. The Bertz CT molecular complexity index is 590. The van der Waals surface area contributed by atoms with Gasteiger partial charge in [0.15, 0.2) is 5.82 Å². The normalized spacial score (nSPS) is 13.6. The first-order valence-corrected chi connectivity index (χ1v) is 5.83. The number of rotatable bonds is 2. The van der Waals surface area contributed by atoms with Gasteiger partial charge in [0.05, 0.1) is 11.6 Å². The van der Waals surface area contributed by atoms with E-state index in [1.807, 2.05) is 20.8 Å². The second kappa shape index (κ2) is 4.70. The molecule has 1 unspecified atom stereocenters. The van der Waals surface area contributed by atoms with E-state index in [9.17, 15) is 8.78 Å². The molecular formula is C13H15F2N3O. The number of nitrogens with zero attached hydrogens (tertiary/aromatic N) is 2. The minimum Gasteiger partial charge on any atom is -0.334 e. The molecule has 2 aromatic rings. The van der Waals surface area contributed by atoms with Crippen LogP contribution in [-0.2, 0) is 0 Å². The fourth-order valence-electron chi connectivity index (χ4n) is 1.52. The Balaban J connectivity index is 2.36. The molecule has 0 amide bonds. The van der Waals surface area contributed by atoms with Crippen LogP contribution in [-0.4, -0.2) is 10.1 Å². The Hall–Kier alpha value is -1.82. The number of hydrogen-bond donors (Lipinski definition) is 1. The maximum absolute atomic E-state index is 13.6. The van der Waals surface area contributed by atoms with Crippen LogP contribution in [0.15, 0.2) is 22.7 Å². The van der Waals surface area contributed by atoms with E-state index in [1.54, 1.807) is 0 Å². The van der Waals surface area contributed by atoms with Crippen LogP contribution >= 0.6 is 0 Å². The smallest absolute Gasteiger partial charge is 0.260 e. The highest BCUT2D eigenvalue weighted by atomic mass is 19.1. The molecule has 6 heteroatoms. The highest BCUT2D eigenvalue weighted by Crippen LogP contribution is 2.30. The van der Waals surface area contributed by atoms with Gasteiger partial charge in [-0.05, 0) is 17.5 Å². The topological polar surface area (TPSA) is 64.9 Å². The van der Waals surface area contributed by atoms with Crippen molar-refractivity contribution in [2.75, 3.05) is 0 Å². The fraction of sp³-hybridized carbons (Fsp3) is 0.385. The Morgan fingerprint density at radius 2 is 1.95 bits per heavy atom. The third-order valence-corrected chi connectivity index (χ3v) is 2.81. The van der Waals surface area contributed by atoms with Crippen LogP contribution in [0.2, 0.25) is 0 Å². The van der Waals surface area contributed by atoms with E-state index in [2.05, 4.69) is 10.1 Å². The Morgan fingerprint density at radius 3 is 2.53 bits per heavy atom. The molecule has 1 heterocycles. The summed E-state index contributed by atoms with van der Waals surface area (Å²) in [4.78, 5) is 4.07. The summed E-state index contributed by atoms with van der Waals surface area (Å²) in [7, 11) is 0. The molecule has 2 N–H and O–H groups in total. The van der Waals surface area contributed by atoms with Gasteiger partial charge >= 0.3 is 0 Å². The Kier molecular flexibility index (Phi) is 3.36. The summed E-state index contributed by atoms with van der Waals surface area (Å²) in [5.74, 6) is -1.12. The van der Waals surface area contributed by atoms with E-state index in [1.165, 1.54) is 6.07 Å². The van der Waals surface area contributed by atoms with Gasteiger partial charge in [0.2, 0.25) is 0 Å². The third-order valence-electron chi connectivity index (χ3n) is 2.81. The summed E-state index contributed by atoms with van der Waals surface area (Å²) >= 11 is 0. The van der Waals surface area contributed by atoms with Gasteiger partial charge in [0.25, 0.3) is 5.89 Å². The van der Waals surface area contributed by atoms with Crippen LogP contribution < -0.4 is 5.73 Å². The molecule has 0 saturated heterocycles. The molecule has 0 aliphatic carbocycles. The van der Waals surface area contributed by atoms with E-state index in [0.29, 0.717) is 5.82 Å². The van der Waals surface area contributed by atoms with E-state index in [0.717, 1.165) is 12.1 Å². The highest BCUT2D eigenvalue weighted by molar-refractivity contribution is 5.53. The molecule has 0 aliphatic rings. The summed E-state index contributed by atoms with van der Waals surface area (Å²) < 4.78 is 31.4. The minimum atomic E-state index is -0.750. The van der Waals surface area contributed by atoms with Crippen LogP contribution in [0.3, 0.4) is 0 Å². The van der Waals surface area contributed by atoms with Crippen LogP contribution in [0.5, 0.6) is 0 Å². The largest absolute Gasteiger partial charge is 0.334 e. The van der Waals surface area contributed by atoms with Gasteiger partial charge in [-0.3, -0.25) is 0 Å². The van der Waals surface area contributed by atoms with Crippen molar-refractivity contribution >= 4 is 0 Å². The molecule has 0 fully saturated rings. The summed E-state index contributed by atoms with van der Waals surface area (Å²) in [5, 5.41) is 3.75. The third kappa shape index (κ3) is 2.78. The quantitative estimate of drug-likeness (QED) is 0.908. The number of halogens is 2. The first-order valence-electron chi connectivity index (χ1n) is 5.83. The zero-order chi connectivity index (χ0) is 14.2. The van der Waals surface area contributed by atoms with Crippen LogP contribution in [0.4, 0.5) is 8.78 Å². The molecule has 1 aromatic heterocycles. The summed E-state index contributed by atoms with van der Waals surface area (Å²) in [6, 6.07) is 2.72.